The second-order valence-electron chi connectivity index (χ2n) is 20.8. The summed E-state index contributed by atoms with van der Waals surface area (Å²) >= 11 is 8.62. The number of benzene rings is 4. The minimum absolute atomic E-state index is 0.672. The van der Waals surface area contributed by atoms with E-state index in [2.05, 4.69) is 126 Å². The predicted octanol–water partition coefficient (Wildman–Crippen LogP) is 21.7. The number of hydrogen-bond acceptors (Lipinski definition) is 12. The summed E-state index contributed by atoms with van der Waals surface area (Å²) in [6, 6.07) is 30.7. The Hall–Kier alpha value is -5.24. The normalized spacial score (nSPS) is 11.8. The molecule has 0 fully saturated rings. The van der Waals surface area contributed by atoms with Crippen LogP contribution in [-0.4, -0.2) is 38.5 Å². The lowest BCUT2D eigenvalue weighted by Gasteiger charge is -2.17. The Kier molecular flexibility index (Phi) is 19.0. The van der Waals surface area contributed by atoms with Crippen LogP contribution < -0.4 is 14.2 Å². The molecule has 0 unspecified atom stereocenters. The van der Waals surface area contributed by atoms with Crippen molar-refractivity contribution in [2.75, 3.05) is 19.8 Å². The van der Waals surface area contributed by atoms with Crippen molar-refractivity contribution in [2.45, 2.75) is 157 Å². The van der Waals surface area contributed by atoms with Crippen LogP contribution in [0.15, 0.2) is 84.9 Å². The Balaban J connectivity index is 1.01. The van der Waals surface area contributed by atoms with Crippen LogP contribution in [-0.2, 0) is 0 Å². The molecule has 0 aliphatic carbocycles. The van der Waals surface area contributed by atoms with E-state index in [9.17, 15) is 0 Å². The maximum Gasteiger partial charge on any atom is 0.133 e. The molecule has 77 heavy (non-hydrogen) atoms. The lowest BCUT2D eigenvalue weighted by atomic mass is 9.98. The largest absolute Gasteiger partial charge is 0.494 e. The highest BCUT2D eigenvalue weighted by molar-refractivity contribution is 7.31. The topological polar surface area (TPSA) is 79.3 Å². The highest BCUT2D eigenvalue weighted by atomic mass is 32.1. The van der Waals surface area contributed by atoms with Crippen molar-refractivity contribution in [2.24, 2.45) is 0 Å². The molecule has 0 spiro atoms. The van der Waals surface area contributed by atoms with Gasteiger partial charge in [-0.05, 0) is 94.1 Å². The van der Waals surface area contributed by atoms with E-state index in [1.54, 1.807) is 0 Å². The second kappa shape index (κ2) is 26.6. The van der Waals surface area contributed by atoms with Gasteiger partial charge in [0.05, 0.1) is 59.5 Å². The molecule has 0 N–H and O–H groups in total. The van der Waals surface area contributed by atoms with Gasteiger partial charge in [-0.15, -0.1) is 45.3 Å². The van der Waals surface area contributed by atoms with Gasteiger partial charge in [0.1, 0.15) is 28.3 Å². The SMILES string of the molecule is CCCCCCCCOc1cccc(-c2nc3c(C)ccc(-c4cc5sc(-c6c(OCCCCCCCC)c(C)c(-c7cc8sc(C)cc8s7)c7nsnc67)cc5s4)c3nc2-c2cccc(OCCCCCCCC)c2)c1. The number of nitrogens with zero attached hydrogens (tertiary/aromatic N) is 4. The first-order chi connectivity index (χ1) is 37.8. The van der Waals surface area contributed by atoms with E-state index in [1.165, 1.54) is 137 Å². The van der Waals surface area contributed by atoms with E-state index >= 15 is 0 Å². The molecule has 0 atom stereocenters. The summed E-state index contributed by atoms with van der Waals surface area (Å²) in [7, 11) is 0. The number of thiophene rings is 4. The number of rotatable bonds is 29. The molecule has 6 heterocycles. The van der Waals surface area contributed by atoms with Gasteiger partial charge in [-0.1, -0.05) is 153 Å². The first-order valence-corrected chi connectivity index (χ1v) is 32.5. The van der Waals surface area contributed by atoms with Crippen molar-refractivity contribution in [3.63, 3.8) is 0 Å². The summed E-state index contributed by atoms with van der Waals surface area (Å²) in [6.45, 7) is 15.4. The van der Waals surface area contributed by atoms with E-state index in [4.69, 9.17) is 32.9 Å². The van der Waals surface area contributed by atoms with Crippen LogP contribution in [0.2, 0.25) is 0 Å². The smallest absolute Gasteiger partial charge is 0.133 e. The van der Waals surface area contributed by atoms with Crippen LogP contribution in [0.3, 0.4) is 0 Å². The van der Waals surface area contributed by atoms with Crippen molar-refractivity contribution in [1.29, 1.82) is 0 Å². The average molecular weight is 1120 g/mol. The molecule has 10 rings (SSSR count). The highest BCUT2D eigenvalue weighted by Gasteiger charge is 2.27. The van der Waals surface area contributed by atoms with Gasteiger partial charge >= 0.3 is 0 Å². The molecular weight excluding hydrogens is 1050 g/mol. The van der Waals surface area contributed by atoms with Gasteiger partial charge < -0.3 is 14.2 Å². The summed E-state index contributed by atoms with van der Waals surface area (Å²) in [4.78, 5) is 16.1. The molecule has 10 aromatic rings. The lowest BCUT2D eigenvalue weighted by molar-refractivity contribution is 0.304. The monoisotopic (exact) mass is 1120 g/mol. The third-order valence-corrected chi connectivity index (χ3v) is 19.8. The van der Waals surface area contributed by atoms with E-state index in [0.29, 0.717) is 19.8 Å². The van der Waals surface area contributed by atoms with Gasteiger partial charge in [-0.25, -0.2) is 9.97 Å². The summed E-state index contributed by atoms with van der Waals surface area (Å²) in [6.07, 6.45) is 21.9. The highest BCUT2D eigenvalue weighted by Crippen LogP contribution is 2.52. The van der Waals surface area contributed by atoms with Gasteiger partial charge in [0.25, 0.3) is 0 Å². The van der Waals surface area contributed by atoms with Gasteiger partial charge in [0.15, 0.2) is 0 Å². The van der Waals surface area contributed by atoms with Crippen LogP contribution in [0.4, 0.5) is 0 Å². The Labute approximate surface area is 476 Å². The Morgan fingerprint density at radius 2 is 0.883 bits per heavy atom. The average Bonchev–Trinajstić information content (AvgIpc) is 4.40. The van der Waals surface area contributed by atoms with Gasteiger partial charge in [0.2, 0.25) is 0 Å². The molecule has 0 radical (unpaired) electrons. The quantitative estimate of drug-likeness (QED) is 0.0432. The molecule has 402 valence electrons. The summed E-state index contributed by atoms with van der Waals surface area (Å²) in [5, 5.41) is 0. The molecule has 0 bridgehead atoms. The van der Waals surface area contributed by atoms with Crippen LogP contribution in [0.1, 0.15) is 152 Å². The molecule has 0 aliphatic rings. The fraction of sp³-hybridized carbons (Fsp3) is 0.415. The maximum atomic E-state index is 6.97. The number of hydrogen-bond donors (Lipinski definition) is 0. The van der Waals surface area contributed by atoms with Crippen molar-refractivity contribution in [1.82, 2.24) is 18.7 Å². The van der Waals surface area contributed by atoms with Crippen molar-refractivity contribution >= 4 is 97.9 Å². The Morgan fingerprint density at radius 3 is 1.45 bits per heavy atom. The van der Waals surface area contributed by atoms with Crippen LogP contribution in [0, 0.1) is 20.8 Å². The number of aromatic nitrogens is 4. The van der Waals surface area contributed by atoms with Crippen LogP contribution in [0.5, 0.6) is 17.2 Å². The summed E-state index contributed by atoms with van der Waals surface area (Å²) in [5.74, 6) is 2.65. The first-order valence-electron chi connectivity index (χ1n) is 28.6. The lowest BCUT2D eigenvalue weighted by Crippen LogP contribution is -2.02. The number of fused-ring (bicyclic) bond motifs is 4. The minimum atomic E-state index is 0.672. The third kappa shape index (κ3) is 12.9. The zero-order valence-corrected chi connectivity index (χ0v) is 50.1. The van der Waals surface area contributed by atoms with Gasteiger partial charge in [0, 0.05) is 66.1 Å². The van der Waals surface area contributed by atoms with E-state index < -0.39 is 0 Å². The van der Waals surface area contributed by atoms with Crippen LogP contribution >= 0.6 is 57.1 Å². The standard InChI is InChI=1S/C65H74N4O3S5/c1-7-10-13-16-19-22-33-70-47-29-25-27-45(37-47)60-61(46-28-26-30-48(38-46)71-34-23-20-17-14-11-8-2)67-62-49(32-31-42(4)59(62)66-60)50-39-53-54(74-50)41-56(76-53)58-64-63(68-77-69-64)57(55-40-52-51(75-55)36-43(5)73-52)44(6)65(58)72-35-24-21-18-15-12-9-3/h25-32,36-41H,7-24,33-35H2,1-6H3. The van der Waals surface area contributed by atoms with E-state index in [1.807, 2.05) is 45.3 Å². The van der Waals surface area contributed by atoms with Crippen molar-refractivity contribution in [3.8, 4) is 71.1 Å². The molecule has 0 saturated heterocycles. The molecule has 7 nitrogen and oxygen atoms in total. The van der Waals surface area contributed by atoms with Gasteiger partial charge in [-0.3, -0.25) is 0 Å². The second-order valence-corrected chi connectivity index (χ2v) is 25.8. The number of ether oxygens (including phenoxy) is 3. The minimum Gasteiger partial charge on any atom is -0.494 e. The zero-order chi connectivity index (χ0) is 53.1. The third-order valence-electron chi connectivity index (χ3n) is 14.7. The van der Waals surface area contributed by atoms with Crippen molar-refractivity contribution in [3.05, 3.63) is 101 Å². The molecule has 0 saturated carbocycles. The Bertz CT molecular complexity index is 3500. The maximum absolute atomic E-state index is 6.97. The fourth-order valence-corrected chi connectivity index (χ4v) is 16.0. The molecule has 4 aromatic carbocycles. The molecule has 0 amide bonds. The first kappa shape index (κ1) is 55.1. The molecule has 6 aromatic heterocycles. The van der Waals surface area contributed by atoms with Crippen molar-refractivity contribution < 1.29 is 14.2 Å². The van der Waals surface area contributed by atoms with Crippen LogP contribution in [0.25, 0.3) is 94.7 Å². The molecule has 12 heteroatoms. The van der Waals surface area contributed by atoms with Gasteiger partial charge in [-0.2, -0.15) is 8.75 Å². The van der Waals surface area contributed by atoms with E-state index in [0.717, 1.165) is 119 Å². The zero-order valence-electron chi connectivity index (χ0n) is 46.0. The summed E-state index contributed by atoms with van der Waals surface area (Å²) < 4.78 is 34.9. The van der Waals surface area contributed by atoms with E-state index in [-0.39, 0.29) is 0 Å². The molecular formula is C65H74N4O3S5. The fourth-order valence-electron chi connectivity index (χ4n) is 10.5. The molecule has 0 aliphatic heterocycles. The summed E-state index contributed by atoms with van der Waals surface area (Å²) in [5.41, 5.74) is 12.8. The number of aryl methyl sites for hydroxylation is 2. The Morgan fingerprint density at radius 1 is 0.416 bits per heavy atom. The predicted molar refractivity (Wildman–Crippen MR) is 335 cm³/mol. The number of unbranched alkanes of at least 4 members (excludes halogenated alkanes) is 15.